The molecule has 606 valence electrons. The topological polar surface area (TPSA) is 25.8 Å². The third-order valence-corrected chi connectivity index (χ3v) is 18.7. The first-order chi connectivity index (χ1) is 51.7. The highest BCUT2D eigenvalue weighted by atomic mass is 35.5. The Labute approximate surface area is 681 Å². The minimum absolute atomic E-state index is 0.0971. The molecule has 0 bridgehead atoms. The van der Waals surface area contributed by atoms with Gasteiger partial charge in [-0.15, -0.1) is 0 Å². The summed E-state index contributed by atoms with van der Waals surface area (Å²) in [5, 5.41) is 2.23. The van der Waals surface area contributed by atoms with Crippen molar-refractivity contribution in [1.29, 1.82) is 0 Å². The van der Waals surface area contributed by atoms with E-state index in [1.165, 1.54) is 81.8 Å². The number of pyridine rings is 2. The summed E-state index contributed by atoms with van der Waals surface area (Å²) < 4.78 is 115. The van der Waals surface area contributed by atoms with E-state index in [4.69, 9.17) is 46.4 Å². The molecular weight excluding hydrogens is 1490 g/mol. The maximum Gasteiger partial charge on any atom is 0.419 e. The van der Waals surface area contributed by atoms with Gasteiger partial charge in [0.05, 0.1) is 22.0 Å². The van der Waals surface area contributed by atoms with E-state index in [0.29, 0.717) is 51.2 Å². The molecule has 0 aliphatic rings. The molecule has 0 radical (unpaired) electrons. The van der Waals surface area contributed by atoms with Gasteiger partial charge < -0.3 is 0 Å². The molecule has 0 spiro atoms. The van der Waals surface area contributed by atoms with Gasteiger partial charge in [0.1, 0.15) is 34.9 Å². The number of hydrogen-bond acceptors (Lipinski definition) is 2. The van der Waals surface area contributed by atoms with E-state index in [2.05, 4.69) is 174 Å². The van der Waals surface area contributed by atoms with Crippen molar-refractivity contribution in [2.75, 3.05) is 0 Å². The van der Waals surface area contributed by atoms with Crippen LogP contribution in [0.5, 0.6) is 0 Å². The van der Waals surface area contributed by atoms with Crippen LogP contribution >= 0.6 is 46.4 Å². The molecule has 10 rings (SSSR count). The summed E-state index contributed by atoms with van der Waals surface area (Å²) >= 11 is 23.2. The van der Waals surface area contributed by atoms with E-state index in [-0.39, 0.29) is 69.3 Å². The number of benzene rings is 8. The van der Waals surface area contributed by atoms with Crippen LogP contribution in [0.4, 0.5) is 39.5 Å². The fourth-order valence-electron chi connectivity index (χ4n) is 11.6. The summed E-state index contributed by atoms with van der Waals surface area (Å²) in [7, 11) is 0. The fourth-order valence-corrected chi connectivity index (χ4v) is 13.0. The first kappa shape index (κ1) is 102. The van der Waals surface area contributed by atoms with Gasteiger partial charge in [0.2, 0.25) is 0 Å². The Morgan fingerprint density at radius 1 is 0.315 bits per heavy atom. The molecule has 2 heterocycles. The van der Waals surface area contributed by atoms with Crippen molar-refractivity contribution in [1.82, 2.24) is 9.97 Å². The van der Waals surface area contributed by atoms with E-state index in [0.717, 1.165) is 44.3 Å². The smallest absolute Gasteiger partial charge is 0.258 e. The molecule has 2 nitrogen and oxygen atoms in total. The summed E-state index contributed by atoms with van der Waals surface area (Å²) in [6, 6.07) is 52.2. The highest BCUT2D eigenvalue weighted by Crippen LogP contribution is 2.35. The predicted octanol–water partition coefficient (Wildman–Crippen LogP) is 33.3. The van der Waals surface area contributed by atoms with Crippen molar-refractivity contribution in [3.8, 4) is 0 Å². The number of hydrogen-bond donors (Lipinski definition) is 0. The van der Waals surface area contributed by atoms with Crippen LogP contribution in [0.2, 0.25) is 20.1 Å². The second kappa shape index (κ2) is 51.4. The lowest BCUT2D eigenvalue weighted by atomic mass is 9.94. The molecule has 0 unspecified atom stereocenters. The Bertz CT molecular complexity index is 4010. The lowest BCUT2D eigenvalue weighted by Crippen LogP contribution is -2.10. The molecule has 0 aliphatic carbocycles. The van der Waals surface area contributed by atoms with E-state index in [1.807, 2.05) is 93.5 Å². The zero-order valence-corrected chi connectivity index (χ0v) is 73.2. The predicted molar refractivity (Wildman–Crippen MR) is 459 cm³/mol. The summed E-state index contributed by atoms with van der Waals surface area (Å²) in [4.78, 5) is 7.91. The minimum Gasteiger partial charge on any atom is -0.258 e. The van der Waals surface area contributed by atoms with Crippen LogP contribution in [0.25, 0.3) is 0 Å². The molecule has 0 amide bonds. The van der Waals surface area contributed by atoms with Crippen molar-refractivity contribution in [3.63, 3.8) is 0 Å². The number of aryl methyl sites for hydroxylation is 4. The zero-order chi connectivity index (χ0) is 84.9. The average molecular weight is 1620 g/mol. The first-order valence-corrected chi connectivity index (χ1v) is 39.5. The first-order valence-electron chi connectivity index (χ1n) is 38.0. The van der Waals surface area contributed by atoms with Crippen LogP contribution in [-0.4, -0.2) is 9.97 Å². The van der Waals surface area contributed by atoms with Crippen molar-refractivity contribution >= 4 is 46.4 Å². The standard InChI is InChI=1S/2C11H16.C10H10F4.C10H13F.C10H14.C9H10Cl2.2C9H10ClF.C9H12FN.C8H10FN/c1-8(2)11-7-5-6-9(3)10(11)4;1-8(2)11-9(3)6-5-7-10(11)4;1-6(2)7-4-3-5-8(9(7)11)10(12,13)14;1-7(2)9-5-4-6-10(11)8(9)3;1-9(2)8-10-6-4-3-5-7-10;2*1-6(2)9-7(10)4-3-5-8(9)11;1-6(2)7-4-3-5-8(10)9(7)11;1-6(2)9-8(10)4-7(3)5-11-9;1-6(2)8-7(9)4-3-5-10-8/h2*5-8H,1-4H3;3-6H,1-2H3;4-7H,1-3H3;3-7,9H,8H2,1-2H3;3*3-6H,1-2H3;4-6H,1-3H3;3-6H,1-2H3. The third kappa shape index (κ3) is 36.5. The Morgan fingerprint density at radius 3 is 1.07 bits per heavy atom. The van der Waals surface area contributed by atoms with Crippen LogP contribution in [0.3, 0.4) is 0 Å². The maximum atomic E-state index is 13.3. The van der Waals surface area contributed by atoms with Crippen LogP contribution < -0.4 is 0 Å². The van der Waals surface area contributed by atoms with Gasteiger partial charge in [-0.05, 0) is 240 Å². The van der Waals surface area contributed by atoms with Gasteiger partial charge in [-0.2, -0.15) is 13.2 Å². The molecule has 0 atom stereocenters. The van der Waals surface area contributed by atoms with Gasteiger partial charge in [0.25, 0.3) is 0 Å². The normalized spacial score (nSPS) is 10.8. The summed E-state index contributed by atoms with van der Waals surface area (Å²) in [6.45, 7) is 52.9. The molecule has 0 aliphatic heterocycles. The highest BCUT2D eigenvalue weighted by molar-refractivity contribution is 6.36. The van der Waals surface area contributed by atoms with Crippen molar-refractivity contribution in [2.24, 2.45) is 5.92 Å². The molecule has 2 aromatic heterocycles. The Kier molecular flexibility index (Phi) is 47.0. The third-order valence-electron chi connectivity index (χ3n) is 17.4. The minimum atomic E-state index is -4.62. The second-order valence-corrected chi connectivity index (χ2v) is 32.0. The summed E-state index contributed by atoms with van der Waals surface area (Å²) in [5.74, 6) is 1.10. The number of halogens is 13. The van der Waals surface area contributed by atoms with Crippen LogP contribution in [-0.2, 0) is 12.6 Å². The maximum absolute atomic E-state index is 13.3. The molecule has 111 heavy (non-hydrogen) atoms. The zero-order valence-electron chi connectivity index (χ0n) is 70.2. The molecule has 0 saturated heterocycles. The number of rotatable bonds is 11. The van der Waals surface area contributed by atoms with Crippen LogP contribution in [0, 0.1) is 82.4 Å². The largest absolute Gasteiger partial charge is 0.419 e. The van der Waals surface area contributed by atoms with Gasteiger partial charge in [-0.3, -0.25) is 9.97 Å². The molecule has 15 heteroatoms. The molecule has 10 aromatic rings. The van der Waals surface area contributed by atoms with Gasteiger partial charge in [0, 0.05) is 33.0 Å². The summed E-state index contributed by atoms with van der Waals surface area (Å²) in [5.41, 5.74) is 15.2. The second-order valence-electron chi connectivity index (χ2n) is 30.4. The van der Waals surface area contributed by atoms with Gasteiger partial charge in [0.15, 0.2) is 0 Å². The van der Waals surface area contributed by atoms with Gasteiger partial charge in [-0.1, -0.05) is 300 Å². The Hall–Kier alpha value is -7.41. The fraction of sp³-hybridized carbons (Fsp3) is 0.396. The van der Waals surface area contributed by atoms with E-state index in [1.54, 1.807) is 68.7 Å². The monoisotopic (exact) mass is 1610 g/mol. The number of nitrogens with zero attached hydrogens (tertiary/aromatic N) is 2. The SMILES string of the molecule is CC(C)Cc1ccccc1.CC(C)c1c(Cl)cccc1Cl.CC(C)c1c(F)cccc1Cl.CC(C)c1cccc(C(F)(F)F)c1F.CC(C)c1cccc(Cl)c1F.CC(C)c1ncccc1F.Cc1c(F)cccc1C(C)C.Cc1cccc(C(C)C)c1C.Cc1cccc(C)c1C(C)C.Cc1cnc(C(C)C)c(F)c1. The van der Waals surface area contributed by atoms with E-state index in [9.17, 15) is 39.5 Å². The number of alkyl halides is 3. The lowest BCUT2D eigenvalue weighted by Gasteiger charge is -2.12. The van der Waals surface area contributed by atoms with Crippen molar-refractivity contribution in [3.05, 3.63) is 338 Å². The average Bonchev–Trinajstić information content (AvgIpc) is 0.811. The summed E-state index contributed by atoms with van der Waals surface area (Å²) in [6.07, 6.45) is -0.118. The molecular formula is C96H121Cl4F9N2. The molecule has 0 fully saturated rings. The quantitative estimate of drug-likeness (QED) is 0.121. The van der Waals surface area contributed by atoms with E-state index >= 15 is 0 Å². The molecule has 0 N–H and O–H groups in total. The Morgan fingerprint density at radius 2 is 0.694 bits per heavy atom. The van der Waals surface area contributed by atoms with Crippen molar-refractivity contribution in [2.45, 2.75) is 246 Å². The lowest BCUT2D eigenvalue weighted by molar-refractivity contribution is -0.140. The molecule has 0 saturated carbocycles. The van der Waals surface area contributed by atoms with Crippen LogP contribution in [0.15, 0.2) is 188 Å². The van der Waals surface area contributed by atoms with E-state index < -0.39 is 17.6 Å². The Balaban J connectivity index is 0.000000617. The molecule has 8 aromatic carbocycles. The number of aromatic nitrogens is 2. The van der Waals surface area contributed by atoms with Crippen molar-refractivity contribution < 1.29 is 39.5 Å². The van der Waals surface area contributed by atoms with Crippen LogP contribution in [0.1, 0.15) is 287 Å². The van der Waals surface area contributed by atoms with Gasteiger partial charge >= 0.3 is 6.18 Å². The highest BCUT2D eigenvalue weighted by Gasteiger charge is 2.35. The van der Waals surface area contributed by atoms with Gasteiger partial charge in [-0.25, -0.2) is 26.3 Å².